The smallest absolute Gasteiger partial charge is 0.290 e. The van der Waals surface area contributed by atoms with Crippen LogP contribution in [0.25, 0.3) is 5.69 Å². The van der Waals surface area contributed by atoms with Crippen molar-refractivity contribution in [2.45, 2.75) is 20.3 Å². The number of ether oxygens (including phenoxy) is 1. The molecule has 140 valence electrons. The van der Waals surface area contributed by atoms with Crippen LogP contribution >= 0.6 is 11.6 Å². The first-order chi connectivity index (χ1) is 13.0. The van der Waals surface area contributed by atoms with Gasteiger partial charge in [-0.05, 0) is 56.2 Å². The van der Waals surface area contributed by atoms with Crippen LogP contribution in [0, 0.1) is 13.8 Å². The van der Waals surface area contributed by atoms with E-state index in [0.29, 0.717) is 23.8 Å². The molecule has 0 aliphatic rings. The Morgan fingerprint density at radius 1 is 1.19 bits per heavy atom. The van der Waals surface area contributed by atoms with E-state index in [4.69, 9.17) is 16.3 Å². The van der Waals surface area contributed by atoms with E-state index in [0.717, 1.165) is 22.6 Å². The SMILES string of the molecule is COc1ccc(C)cc1CCNC(=O)c1nc(C)n(-c2ccc(Cl)cc2)n1. The minimum atomic E-state index is -0.308. The van der Waals surface area contributed by atoms with Crippen LogP contribution in [-0.4, -0.2) is 34.3 Å². The molecule has 27 heavy (non-hydrogen) atoms. The Bertz CT molecular complexity index is 951. The maximum atomic E-state index is 12.4. The van der Waals surface area contributed by atoms with Gasteiger partial charge in [0.1, 0.15) is 11.6 Å². The van der Waals surface area contributed by atoms with Crippen molar-refractivity contribution in [3.05, 3.63) is 70.3 Å². The number of carbonyl (C=O) groups excluding carboxylic acids is 1. The second kappa shape index (κ2) is 8.22. The summed E-state index contributed by atoms with van der Waals surface area (Å²) in [6.07, 6.45) is 0.660. The van der Waals surface area contributed by atoms with Crippen molar-refractivity contribution in [2.24, 2.45) is 0 Å². The van der Waals surface area contributed by atoms with Crippen LogP contribution in [0.5, 0.6) is 5.75 Å². The van der Waals surface area contributed by atoms with Crippen molar-refractivity contribution >= 4 is 17.5 Å². The molecular formula is C20H21ClN4O2. The maximum Gasteiger partial charge on any atom is 0.290 e. The first kappa shape index (κ1) is 18.9. The first-order valence-electron chi connectivity index (χ1n) is 8.59. The van der Waals surface area contributed by atoms with Crippen molar-refractivity contribution < 1.29 is 9.53 Å². The Morgan fingerprint density at radius 2 is 1.93 bits per heavy atom. The molecule has 0 unspecified atom stereocenters. The third-order valence-corrected chi connectivity index (χ3v) is 4.41. The topological polar surface area (TPSA) is 69.0 Å². The molecular weight excluding hydrogens is 364 g/mol. The number of hydrogen-bond acceptors (Lipinski definition) is 4. The summed E-state index contributed by atoms with van der Waals surface area (Å²) in [6.45, 7) is 4.29. The van der Waals surface area contributed by atoms with Crippen molar-refractivity contribution in [3.63, 3.8) is 0 Å². The number of halogens is 1. The Morgan fingerprint density at radius 3 is 2.63 bits per heavy atom. The molecule has 0 radical (unpaired) electrons. The molecule has 1 heterocycles. The fourth-order valence-electron chi connectivity index (χ4n) is 2.81. The lowest BCUT2D eigenvalue weighted by atomic mass is 10.1. The molecule has 0 bridgehead atoms. The van der Waals surface area contributed by atoms with Crippen LogP contribution in [0.1, 0.15) is 27.6 Å². The molecule has 7 heteroatoms. The minimum Gasteiger partial charge on any atom is -0.496 e. The molecule has 0 fully saturated rings. The summed E-state index contributed by atoms with van der Waals surface area (Å²) in [5.41, 5.74) is 3.00. The standard InChI is InChI=1S/C20H21ClN4O2/c1-13-4-9-18(27-3)15(12-13)10-11-22-20(26)19-23-14(2)25(24-19)17-7-5-16(21)6-8-17/h4-9,12H,10-11H2,1-3H3,(H,22,26). The Kier molecular flexibility index (Phi) is 5.76. The second-order valence-electron chi connectivity index (χ2n) is 6.19. The molecule has 0 saturated carbocycles. The fraction of sp³-hybridized carbons (Fsp3) is 0.250. The summed E-state index contributed by atoms with van der Waals surface area (Å²) in [5, 5.41) is 7.81. The lowest BCUT2D eigenvalue weighted by Gasteiger charge is -2.09. The van der Waals surface area contributed by atoms with Crippen LogP contribution in [0.2, 0.25) is 5.02 Å². The zero-order valence-corrected chi connectivity index (χ0v) is 16.2. The molecule has 1 aromatic heterocycles. The van der Waals surface area contributed by atoms with Gasteiger partial charge in [0, 0.05) is 11.6 Å². The normalized spacial score (nSPS) is 10.7. The molecule has 1 amide bonds. The highest BCUT2D eigenvalue weighted by Crippen LogP contribution is 2.20. The molecule has 0 aliphatic heterocycles. The van der Waals surface area contributed by atoms with Crippen LogP contribution in [0.3, 0.4) is 0 Å². The number of benzene rings is 2. The molecule has 0 atom stereocenters. The van der Waals surface area contributed by atoms with Crippen LogP contribution in [0.4, 0.5) is 0 Å². The van der Waals surface area contributed by atoms with Gasteiger partial charge in [-0.1, -0.05) is 29.3 Å². The number of amides is 1. The van der Waals surface area contributed by atoms with Gasteiger partial charge in [-0.2, -0.15) is 0 Å². The van der Waals surface area contributed by atoms with Gasteiger partial charge in [0.2, 0.25) is 5.82 Å². The van der Waals surface area contributed by atoms with E-state index in [1.807, 2.05) is 31.2 Å². The molecule has 0 saturated heterocycles. The molecule has 0 aliphatic carbocycles. The van der Waals surface area contributed by atoms with Crippen LogP contribution in [0.15, 0.2) is 42.5 Å². The molecule has 1 N–H and O–H groups in total. The van der Waals surface area contributed by atoms with Crippen molar-refractivity contribution in [1.29, 1.82) is 0 Å². The highest BCUT2D eigenvalue weighted by Gasteiger charge is 2.15. The highest BCUT2D eigenvalue weighted by atomic mass is 35.5. The van der Waals surface area contributed by atoms with Crippen molar-refractivity contribution in [2.75, 3.05) is 13.7 Å². The fourth-order valence-corrected chi connectivity index (χ4v) is 2.93. The lowest BCUT2D eigenvalue weighted by Crippen LogP contribution is -2.27. The molecule has 3 aromatic rings. The van der Waals surface area contributed by atoms with E-state index in [2.05, 4.69) is 21.5 Å². The van der Waals surface area contributed by atoms with E-state index in [-0.39, 0.29) is 11.7 Å². The van der Waals surface area contributed by atoms with E-state index >= 15 is 0 Å². The molecule has 0 spiro atoms. The van der Waals surface area contributed by atoms with Crippen LogP contribution in [-0.2, 0) is 6.42 Å². The number of aryl methyl sites for hydroxylation is 2. The van der Waals surface area contributed by atoms with Gasteiger partial charge >= 0.3 is 0 Å². The minimum absolute atomic E-state index is 0.138. The zero-order chi connectivity index (χ0) is 19.4. The average Bonchev–Trinajstić information content (AvgIpc) is 3.04. The van der Waals surface area contributed by atoms with Crippen LogP contribution < -0.4 is 10.1 Å². The van der Waals surface area contributed by atoms with Gasteiger partial charge in [-0.15, -0.1) is 5.10 Å². The number of nitrogens with zero attached hydrogens (tertiary/aromatic N) is 3. The monoisotopic (exact) mass is 384 g/mol. The predicted molar refractivity (Wildman–Crippen MR) is 105 cm³/mol. The number of nitrogens with one attached hydrogen (secondary N) is 1. The molecule has 6 nitrogen and oxygen atoms in total. The van der Waals surface area contributed by atoms with Gasteiger partial charge < -0.3 is 10.1 Å². The quantitative estimate of drug-likeness (QED) is 0.706. The number of hydrogen-bond donors (Lipinski definition) is 1. The highest BCUT2D eigenvalue weighted by molar-refractivity contribution is 6.30. The van der Waals surface area contributed by atoms with E-state index in [1.165, 1.54) is 0 Å². The van der Waals surface area contributed by atoms with Gasteiger partial charge in [0.05, 0.1) is 12.8 Å². The Balaban J connectivity index is 1.66. The number of methoxy groups -OCH3 is 1. The first-order valence-corrected chi connectivity index (χ1v) is 8.97. The Hall–Kier alpha value is -2.86. The third kappa shape index (κ3) is 4.46. The number of aromatic nitrogens is 3. The summed E-state index contributed by atoms with van der Waals surface area (Å²) in [5.74, 6) is 1.27. The van der Waals surface area contributed by atoms with Gasteiger partial charge in [0.25, 0.3) is 5.91 Å². The maximum absolute atomic E-state index is 12.4. The third-order valence-electron chi connectivity index (χ3n) is 4.16. The average molecular weight is 385 g/mol. The number of rotatable bonds is 6. The molecule has 2 aromatic carbocycles. The van der Waals surface area contributed by atoms with Gasteiger partial charge in [-0.3, -0.25) is 4.79 Å². The molecule has 3 rings (SSSR count). The summed E-state index contributed by atoms with van der Waals surface area (Å²) < 4.78 is 6.99. The zero-order valence-electron chi connectivity index (χ0n) is 15.5. The largest absolute Gasteiger partial charge is 0.496 e. The van der Waals surface area contributed by atoms with Gasteiger partial charge in [0.15, 0.2) is 0 Å². The summed E-state index contributed by atoms with van der Waals surface area (Å²) >= 11 is 5.92. The van der Waals surface area contributed by atoms with Crippen molar-refractivity contribution in [3.8, 4) is 11.4 Å². The van der Waals surface area contributed by atoms with Gasteiger partial charge in [-0.25, -0.2) is 9.67 Å². The second-order valence-corrected chi connectivity index (χ2v) is 6.63. The van der Waals surface area contributed by atoms with E-state index in [9.17, 15) is 4.79 Å². The van der Waals surface area contributed by atoms with E-state index in [1.54, 1.807) is 30.8 Å². The summed E-state index contributed by atoms with van der Waals surface area (Å²) in [7, 11) is 1.64. The summed E-state index contributed by atoms with van der Waals surface area (Å²) in [4.78, 5) is 16.7. The lowest BCUT2D eigenvalue weighted by molar-refractivity contribution is 0.0943. The number of carbonyl (C=O) groups is 1. The summed E-state index contributed by atoms with van der Waals surface area (Å²) in [6, 6.07) is 13.2. The Labute approximate surface area is 163 Å². The predicted octanol–water partition coefficient (Wildman–Crippen LogP) is 3.52. The van der Waals surface area contributed by atoms with Crippen molar-refractivity contribution in [1.82, 2.24) is 20.1 Å². The van der Waals surface area contributed by atoms with E-state index < -0.39 is 0 Å².